The Morgan fingerprint density at radius 3 is 2.52 bits per heavy atom. The summed E-state index contributed by atoms with van der Waals surface area (Å²) in [4.78, 5) is 27.1. The Kier molecular flexibility index (Phi) is 5.83. The fraction of sp³-hybridized carbons (Fsp3) is 0.400. The highest BCUT2D eigenvalue weighted by Gasteiger charge is 2.64. The molecule has 0 radical (unpaired) electrons. The lowest BCUT2D eigenvalue weighted by atomic mass is 9.72. The number of anilines is 1. The fourth-order valence-electron chi connectivity index (χ4n) is 5.50. The van der Waals surface area contributed by atoms with Crippen LogP contribution in [0.4, 0.5) is 5.69 Å². The van der Waals surface area contributed by atoms with Crippen molar-refractivity contribution in [1.82, 2.24) is 5.01 Å². The van der Waals surface area contributed by atoms with Crippen LogP contribution in [0.25, 0.3) is 0 Å². The Morgan fingerprint density at radius 2 is 1.82 bits per heavy atom. The zero-order valence-electron chi connectivity index (χ0n) is 18.3. The van der Waals surface area contributed by atoms with Crippen LogP contribution in [0.1, 0.15) is 56.1 Å². The van der Waals surface area contributed by atoms with Crippen LogP contribution in [0.3, 0.4) is 0 Å². The molecular weight excluding hydrogens is 461 g/mol. The Labute approximate surface area is 202 Å². The van der Waals surface area contributed by atoms with Crippen molar-refractivity contribution in [3.63, 3.8) is 0 Å². The molecule has 2 heterocycles. The van der Waals surface area contributed by atoms with Gasteiger partial charge in [0.15, 0.2) is 11.3 Å². The summed E-state index contributed by atoms with van der Waals surface area (Å²) < 4.78 is 5.41. The van der Waals surface area contributed by atoms with Crippen LogP contribution in [0.15, 0.2) is 47.6 Å². The summed E-state index contributed by atoms with van der Waals surface area (Å²) in [5.74, 6) is -1.38. The standard InChI is InChI=1S/C25H25Cl2N3O3/c1-2-33-23(31)22-21(15-8-10-16(26)11-9-15)25(30(29-22)18-6-4-3-5-7-18)19-13-12-17(27)14-20(19)28-24(25)32/h8-14,18,21H,2-7H2,1H3,(H,28,32). The second-order valence-electron chi connectivity index (χ2n) is 8.74. The number of halogens is 2. The molecule has 33 heavy (non-hydrogen) atoms. The lowest BCUT2D eigenvalue weighted by Crippen LogP contribution is -2.54. The van der Waals surface area contributed by atoms with Gasteiger partial charge in [-0.1, -0.05) is 60.7 Å². The van der Waals surface area contributed by atoms with Gasteiger partial charge >= 0.3 is 5.97 Å². The van der Waals surface area contributed by atoms with Crippen molar-refractivity contribution in [1.29, 1.82) is 0 Å². The van der Waals surface area contributed by atoms with Crippen molar-refractivity contribution in [2.45, 2.75) is 56.5 Å². The molecule has 2 aromatic carbocycles. The number of hydrogen-bond donors (Lipinski definition) is 1. The maximum Gasteiger partial charge on any atom is 0.355 e. The molecule has 2 aliphatic heterocycles. The molecule has 1 spiro atoms. The highest BCUT2D eigenvalue weighted by atomic mass is 35.5. The number of rotatable bonds is 4. The molecule has 8 heteroatoms. The molecular formula is C25H25Cl2N3O3. The number of esters is 1. The first-order valence-corrected chi connectivity index (χ1v) is 12.1. The summed E-state index contributed by atoms with van der Waals surface area (Å²) in [6.45, 7) is 1.99. The third-order valence-electron chi connectivity index (χ3n) is 6.86. The van der Waals surface area contributed by atoms with Crippen molar-refractivity contribution in [3.8, 4) is 0 Å². The number of fused-ring (bicyclic) bond motifs is 2. The zero-order chi connectivity index (χ0) is 23.2. The predicted molar refractivity (Wildman–Crippen MR) is 129 cm³/mol. The topological polar surface area (TPSA) is 71.0 Å². The van der Waals surface area contributed by atoms with Gasteiger partial charge in [-0.05, 0) is 49.6 Å². The highest BCUT2D eigenvalue weighted by Crippen LogP contribution is 2.55. The van der Waals surface area contributed by atoms with Crippen LogP contribution in [-0.4, -0.2) is 35.2 Å². The van der Waals surface area contributed by atoms with E-state index >= 15 is 0 Å². The van der Waals surface area contributed by atoms with Gasteiger partial charge in [0, 0.05) is 27.3 Å². The Bertz CT molecular complexity index is 1130. The van der Waals surface area contributed by atoms with Crippen molar-refractivity contribution in [2.75, 3.05) is 11.9 Å². The number of hydrazone groups is 1. The van der Waals surface area contributed by atoms with Gasteiger partial charge in [0.25, 0.3) is 5.91 Å². The Hall–Kier alpha value is -2.57. The Morgan fingerprint density at radius 1 is 1.12 bits per heavy atom. The maximum atomic E-state index is 13.9. The predicted octanol–water partition coefficient (Wildman–Crippen LogP) is 5.49. The smallest absolute Gasteiger partial charge is 0.355 e. The Balaban J connectivity index is 1.76. The lowest BCUT2D eigenvalue weighted by molar-refractivity contribution is -0.135. The summed E-state index contributed by atoms with van der Waals surface area (Å²) in [6.07, 6.45) is 5.09. The second kappa shape index (κ2) is 8.65. The van der Waals surface area contributed by atoms with Gasteiger partial charge in [0.2, 0.25) is 0 Å². The van der Waals surface area contributed by atoms with Gasteiger partial charge in [-0.15, -0.1) is 0 Å². The summed E-state index contributed by atoms with van der Waals surface area (Å²) in [5, 5.41) is 10.9. The quantitative estimate of drug-likeness (QED) is 0.580. The molecule has 172 valence electrons. The number of benzene rings is 2. The largest absolute Gasteiger partial charge is 0.461 e. The van der Waals surface area contributed by atoms with E-state index in [2.05, 4.69) is 5.32 Å². The molecule has 3 aliphatic rings. The van der Waals surface area contributed by atoms with Crippen LogP contribution >= 0.6 is 23.2 Å². The monoisotopic (exact) mass is 485 g/mol. The van der Waals surface area contributed by atoms with Crippen molar-refractivity contribution in [2.24, 2.45) is 5.10 Å². The van der Waals surface area contributed by atoms with Gasteiger partial charge in [-0.25, -0.2) is 4.79 Å². The van der Waals surface area contributed by atoms with Crippen LogP contribution in [0.5, 0.6) is 0 Å². The molecule has 2 aromatic rings. The molecule has 0 aromatic heterocycles. The zero-order valence-corrected chi connectivity index (χ0v) is 19.8. The molecule has 2 unspecified atom stereocenters. The van der Waals surface area contributed by atoms with Crippen LogP contribution in [-0.2, 0) is 19.9 Å². The van der Waals surface area contributed by atoms with Gasteiger partial charge < -0.3 is 10.1 Å². The average molecular weight is 486 g/mol. The molecule has 6 nitrogen and oxygen atoms in total. The average Bonchev–Trinajstić information content (AvgIpc) is 3.31. The molecule has 0 bridgehead atoms. The molecule has 1 fully saturated rings. The third-order valence-corrected chi connectivity index (χ3v) is 7.35. The summed E-state index contributed by atoms with van der Waals surface area (Å²) in [5.41, 5.74) is 1.22. The molecule has 1 amide bonds. The van der Waals surface area contributed by atoms with Gasteiger partial charge in [0.1, 0.15) is 0 Å². The van der Waals surface area contributed by atoms with Crippen LogP contribution in [0.2, 0.25) is 10.0 Å². The number of ether oxygens (including phenoxy) is 1. The highest BCUT2D eigenvalue weighted by molar-refractivity contribution is 6.41. The van der Waals surface area contributed by atoms with E-state index in [9.17, 15) is 9.59 Å². The molecule has 1 N–H and O–H groups in total. The van der Waals surface area contributed by atoms with Gasteiger partial charge in [-0.3, -0.25) is 9.80 Å². The molecule has 0 saturated heterocycles. The van der Waals surface area contributed by atoms with Crippen LogP contribution < -0.4 is 5.32 Å². The SMILES string of the molecule is CCOC(=O)C1=NN(C2CCCCC2)C2(C(=O)Nc3cc(Cl)ccc32)C1c1ccc(Cl)cc1. The molecule has 1 aliphatic carbocycles. The fourth-order valence-corrected chi connectivity index (χ4v) is 5.80. The minimum absolute atomic E-state index is 0.0351. The first kappa shape index (κ1) is 22.2. The minimum Gasteiger partial charge on any atom is -0.461 e. The van der Waals surface area contributed by atoms with Crippen molar-refractivity contribution < 1.29 is 14.3 Å². The first-order chi connectivity index (χ1) is 16.0. The number of nitrogens with zero attached hydrogens (tertiary/aromatic N) is 2. The number of nitrogens with one attached hydrogen (secondary N) is 1. The van der Waals surface area contributed by atoms with E-state index in [4.69, 9.17) is 33.0 Å². The normalized spacial score (nSPS) is 24.6. The lowest BCUT2D eigenvalue weighted by Gasteiger charge is -2.42. The van der Waals surface area contributed by atoms with E-state index in [0.29, 0.717) is 15.7 Å². The minimum atomic E-state index is -1.21. The number of hydrogen-bond acceptors (Lipinski definition) is 5. The van der Waals surface area contributed by atoms with Gasteiger partial charge in [0.05, 0.1) is 12.5 Å². The van der Waals surface area contributed by atoms with E-state index in [1.807, 2.05) is 23.2 Å². The van der Waals surface area contributed by atoms with E-state index < -0.39 is 17.4 Å². The second-order valence-corrected chi connectivity index (χ2v) is 9.61. The summed E-state index contributed by atoms with van der Waals surface area (Å²) in [7, 11) is 0. The van der Waals surface area contributed by atoms with E-state index in [1.54, 1.807) is 31.2 Å². The van der Waals surface area contributed by atoms with E-state index in [1.165, 1.54) is 0 Å². The number of carbonyl (C=O) groups is 2. The third kappa shape index (κ3) is 3.51. The number of carbonyl (C=O) groups excluding carboxylic acids is 2. The molecule has 2 atom stereocenters. The maximum absolute atomic E-state index is 13.9. The summed E-state index contributed by atoms with van der Waals surface area (Å²) in [6, 6.07) is 12.7. The van der Waals surface area contributed by atoms with Crippen LogP contribution in [0, 0.1) is 0 Å². The van der Waals surface area contributed by atoms with E-state index in [0.717, 1.165) is 43.2 Å². The molecule has 5 rings (SSSR count). The van der Waals surface area contributed by atoms with Crippen molar-refractivity contribution >= 4 is 46.5 Å². The van der Waals surface area contributed by atoms with Gasteiger partial charge in [-0.2, -0.15) is 5.10 Å². The first-order valence-electron chi connectivity index (χ1n) is 11.4. The van der Waals surface area contributed by atoms with E-state index in [-0.39, 0.29) is 24.3 Å². The van der Waals surface area contributed by atoms with Crippen molar-refractivity contribution in [3.05, 3.63) is 63.6 Å². The molecule has 1 saturated carbocycles. The number of amides is 1. The summed E-state index contributed by atoms with van der Waals surface area (Å²) >= 11 is 12.4.